The number of likely N-dealkylation sites (tertiary alicyclic amines) is 1. The molecule has 2 fully saturated rings. The van der Waals surface area contributed by atoms with E-state index in [4.69, 9.17) is 4.98 Å². The third kappa shape index (κ3) is 2.68. The fourth-order valence-corrected chi connectivity index (χ4v) is 4.09. The minimum atomic E-state index is 0.719. The molecule has 0 amide bonds. The van der Waals surface area contributed by atoms with E-state index in [0.717, 1.165) is 35.7 Å². The molecule has 2 aliphatic rings. The zero-order chi connectivity index (χ0) is 14.1. The Morgan fingerprint density at radius 3 is 2.67 bits per heavy atom. The summed E-state index contributed by atoms with van der Waals surface area (Å²) in [5.74, 6) is 0.861. The molecule has 4 nitrogen and oxygen atoms in total. The van der Waals surface area contributed by atoms with Gasteiger partial charge in [-0.05, 0) is 32.4 Å². The van der Waals surface area contributed by atoms with Gasteiger partial charge in [0.25, 0.3) is 0 Å². The van der Waals surface area contributed by atoms with Crippen LogP contribution in [0, 0.1) is 0 Å². The number of rotatable bonds is 3. The average Bonchev–Trinajstić information content (AvgIpc) is 3.27. The van der Waals surface area contributed by atoms with Crippen LogP contribution in [0.1, 0.15) is 19.3 Å². The third-order valence-electron chi connectivity index (χ3n) is 4.54. The molecule has 3 heterocycles. The molecule has 4 rings (SSSR count). The molecule has 110 valence electrons. The smallest absolute Gasteiger partial charge is 0.205 e. The molecule has 1 aromatic carbocycles. The molecular weight excluding hydrogens is 280 g/mol. The van der Waals surface area contributed by atoms with Crippen molar-refractivity contribution in [3.63, 3.8) is 0 Å². The normalized spacial score (nSPS) is 23.0. The minimum absolute atomic E-state index is 0.719. The average molecular weight is 300 g/mol. The molecule has 21 heavy (non-hydrogen) atoms. The lowest BCUT2D eigenvalue weighted by atomic mass is 10.2. The summed E-state index contributed by atoms with van der Waals surface area (Å²) < 4.78 is 4.53. The quantitative estimate of drug-likeness (QED) is 0.872. The molecule has 2 aliphatic heterocycles. The fourth-order valence-electron chi connectivity index (χ4n) is 3.37. The number of nitrogens with zero attached hydrogens (tertiary/aromatic N) is 4. The van der Waals surface area contributed by atoms with Crippen LogP contribution in [-0.2, 0) is 0 Å². The van der Waals surface area contributed by atoms with Crippen LogP contribution in [-0.4, -0.2) is 46.5 Å². The van der Waals surface area contributed by atoms with Gasteiger partial charge in [0.1, 0.15) is 0 Å². The molecule has 5 heteroatoms. The van der Waals surface area contributed by atoms with E-state index in [1.807, 2.05) is 18.2 Å². The molecule has 0 radical (unpaired) electrons. The van der Waals surface area contributed by atoms with E-state index in [2.05, 4.69) is 26.3 Å². The Hall–Kier alpha value is -1.46. The predicted molar refractivity (Wildman–Crippen MR) is 86.8 cm³/mol. The highest BCUT2D eigenvalue weighted by Gasteiger charge is 2.30. The monoisotopic (exact) mass is 300 g/mol. The maximum atomic E-state index is 4.74. The van der Waals surface area contributed by atoms with Crippen LogP contribution < -0.4 is 4.90 Å². The molecule has 0 aliphatic carbocycles. The third-order valence-corrected chi connectivity index (χ3v) is 5.32. The van der Waals surface area contributed by atoms with Crippen LogP contribution in [0.3, 0.4) is 0 Å². The second-order valence-electron chi connectivity index (χ2n) is 5.90. The lowest BCUT2D eigenvalue weighted by Crippen LogP contribution is -2.35. The Morgan fingerprint density at radius 2 is 1.86 bits per heavy atom. The van der Waals surface area contributed by atoms with Crippen molar-refractivity contribution in [2.45, 2.75) is 25.3 Å². The molecule has 2 aromatic rings. The van der Waals surface area contributed by atoms with Crippen molar-refractivity contribution < 1.29 is 0 Å². The van der Waals surface area contributed by atoms with Crippen LogP contribution in [0.25, 0.3) is 11.4 Å². The molecule has 1 unspecified atom stereocenters. The number of anilines is 1. The molecular formula is C16H20N4S. The van der Waals surface area contributed by atoms with Crippen molar-refractivity contribution in [2.75, 3.05) is 31.1 Å². The Labute approximate surface area is 129 Å². The van der Waals surface area contributed by atoms with Crippen molar-refractivity contribution in [2.24, 2.45) is 0 Å². The van der Waals surface area contributed by atoms with Gasteiger partial charge in [-0.15, -0.1) is 0 Å². The summed E-state index contributed by atoms with van der Waals surface area (Å²) in [7, 11) is 0. The van der Waals surface area contributed by atoms with Crippen LogP contribution in [0.15, 0.2) is 30.3 Å². The van der Waals surface area contributed by atoms with E-state index >= 15 is 0 Å². The van der Waals surface area contributed by atoms with Gasteiger partial charge in [0.15, 0.2) is 5.82 Å². The standard InChI is InChI=1S/C16H20N4S/c1-2-6-13(7-3-1)15-17-16(21-18-15)20-11-8-14(12-20)19-9-4-5-10-19/h1-3,6-7,14H,4-5,8-12H2. The highest BCUT2D eigenvalue weighted by Crippen LogP contribution is 2.28. The number of benzene rings is 1. The lowest BCUT2D eigenvalue weighted by molar-refractivity contribution is 0.260. The van der Waals surface area contributed by atoms with Gasteiger partial charge in [0.2, 0.25) is 5.13 Å². The van der Waals surface area contributed by atoms with E-state index in [0.29, 0.717) is 0 Å². The second-order valence-corrected chi connectivity index (χ2v) is 6.63. The van der Waals surface area contributed by atoms with Gasteiger partial charge in [-0.25, -0.2) is 0 Å². The Kier molecular flexibility index (Phi) is 3.61. The van der Waals surface area contributed by atoms with E-state index in [1.165, 1.54) is 43.9 Å². The van der Waals surface area contributed by atoms with Crippen molar-refractivity contribution in [3.8, 4) is 11.4 Å². The number of aromatic nitrogens is 2. The van der Waals surface area contributed by atoms with Gasteiger partial charge in [-0.1, -0.05) is 30.3 Å². The maximum absolute atomic E-state index is 4.74. The van der Waals surface area contributed by atoms with Crippen LogP contribution in [0.4, 0.5) is 5.13 Å². The van der Waals surface area contributed by atoms with E-state index in [9.17, 15) is 0 Å². The summed E-state index contributed by atoms with van der Waals surface area (Å²) in [6.07, 6.45) is 4.00. The van der Waals surface area contributed by atoms with Crippen molar-refractivity contribution in [3.05, 3.63) is 30.3 Å². The van der Waals surface area contributed by atoms with Crippen LogP contribution >= 0.6 is 11.5 Å². The maximum Gasteiger partial charge on any atom is 0.205 e. The van der Waals surface area contributed by atoms with Gasteiger partial charge in [-0.3, -0.25) is 4.90 Å². The molecule has 2 saturated heterocycles. The van der Waals surface area contributed by atoms with Crippen molar-refractivity contribution in [1.82, 2.24) is 14.3 Å². The summed E-state index contributed by atoms with van der Waals surface area (Å²) >= 11 is 1.53. The highest BCUT2D eigenvalue weighted by atomic mass is 32.1. The van der Waals surface area contributed by atoms with Crippen LogP contribution in [0.2, 0.25) is 0 Å². The zero-order valence-corrected chi connectivity index (χ0v) is 12.9. The van der Waals surface area contributed by atoms with Gasteiger partial charge >= 0.3 is 0 Å². The number of hydrogen-bond acceptors (Lipinski definition) is 5. The van der Waals surface area contributed by atoms with Crippen molar-refractivity contribution in [1.29, 1.82) is 0 Å². The summed E-state index contributed by atoms with van der Waals surface area (Å²) in [4.78, 5) is 9.80. The van der Waals surface area contributed by atoms with Gasteiger partial charge < -0.3 is 4.90 Å². The summed E-state index contributed by atoms with van der Waals surface area (Å²) in [6, 6.07) is 11.0. The first kappa shape index (κ1) is 13.2. The van der Waals surface area contributed by atoms with Gasteiger partial charge in [0, 0.05) is 36.2 Å². The predicted octanol–water partition coefficient (Wildman–Crippen LogP) is 2.88. The number of hydrogen-bond donors (Lipinski definition) is 0. The highest BCUT2D eigenvalue weighted by molar-refractivity contribution is 7.09. The van der Waals surface area contributed by atoms with Gasteiger partial charge in [0.05, 0.1) is 0 Å². The first-order valence-corrected chi connectivity index (χ1v) is 8.55. The van der Waals surface area contributed by atoms with E-state index in [-0.39, 0.29) is 0 Å². The zero-order valence-electron chi connectivity index (χ0n) is 12.1. The molecule has 1 atom stereocenters. The topological polar surface area (TPSA) is 32.3 Å². The van der Waals surface area contributed by atoms with Crippen LogP contribution in [0.5, 0.6) is 0 Å². The van der Waals surface area contributed by atoms with Crippen molar-refractivity contribution >= 4 is 16.7 Å². The minimum Gasteiger partial charge on any atom is -0.345 e. The van der Waals surface area contributed by atoms with Gasteiger partial charge in [-0.2, -0.15) is 9.36 Å². The SMILES string of the molecule is c1ccc(-c2nsc(N3CCC(N4CCCC4)C3)n2)cc1. The molecule has 0 saturated carbocycles. The summed E-state index contributed by atoms with van der Waals surface area (Å²) in [5, 5.41) is 1.08. The Balaban J connectivity index is 1.47. The largest absolute Gasteiger partial charge is 0.345 e. The summed E-state index contributed by atoms with van der Waals surface area (Å²) in [6.45, 7) is 4.79. The first-order valence-electron chi connectivity index (χ1n) is 7.78. The molecule has 0 bridgehead atoms. The Bertz CT molecular complexity index is 591. The lowest BCUT2D eigenvalue weighted by Gasteiger charge is -2.23. The first-order chi connectivity index (χ1) is 10.4. The van der Waals surface area contributed by atoms with E-state index < -0.39 is 0 Å². The molecule has 0 N–H and O–H groups in total. The molecule has 0 spiro atoms. The fraction of sp³-hybridized carbons (Fsp3) is 0.500. The second kappa shape index (κ2) is 5.73. The van der Waals surface area contributed by atoms with E-state index in [1.54, 1.807) is 0 Å². The summed E-state index contributed by atoms with van der Waals surface area (Å²) in [5.41, 5.74) is 1.11. The Morgan fingerprint density at radius 1 is 1.05 bits per heavy atom. The molecule has 1 aromatic heterocycles.